The van der Waals surface area contributed by atoms with Crippen molar-refractivity contribution in [1.29, 1.82) is 0 Å². The summed E-state index contributed by atoms with van der Waals surface area (Å²) in [5, 5.41) is 3.70. The number of ether oxygens (including phenoxy) is 2. The molecule has 0 spiro atoms. The van der Waals surface area contributed by atoms with Crippen LogP contribution in [0.25, 0.3) is 0 Å². The van der Waals surface area contributed by atoms with E-state index in [4.69, 9.17) is 20.0 Å². The van der Waals surface area contributed by atoms with Crippen LogP contribution >= 0.6 is 11.8 Å². The number of hydrogen-bond donors (Lipinski definition) is 1. The number of methoxy groups -OCH3 is 2. The Morgan fingerprint density at radius 1 is 1.08 bits per heavy atom. The monoisotopic (exact) mass is 374 g/mol. The van der Waals surface area contributed by atoms with Gasteiger partial charge in [-0.3, -0.25) is 0 Å². The predicted octanol–water partition coefficient (Wildman–Crippen LogP) is 3.19. The topological polar surface area (TPSA) is 83.1 Å². The van der Waals surface area contributed by atoms with Crippen molar-refractivity contribution in [2.24, 2.45) is 10.9 Å². The third-order valence-electron chi connectivity index (χ3n) is 3.49. The first-order chi connectivity index (χ1) is 12.6. The number of nitrogens with zero attached hydrogens (tertiary/aromatic N) is 1. The lowest BCUT2D eigenvalue weighted by atomic mass is 10.2. The molecule has 2 rings (SSSR count). The van der Waals surface area contributed by atoms with Crippen molar-refractivity contribution in [3.63, 3.8) is 0 Å². The molecule has 0 aromatic heterocycles. The summed E-state index contributed by atoms with van der Waals surface area (Å²) in [6.07, 6.45) is 0.264. The molecule has 26 heavy (non-hydrogen) atoms. The molecule has 0 amide bonds. The van der Waals surface area contributed by atoms with Crippen LogP contribution in [-0.2, 0) is 15.4 Å². The molecule has 0 saturated carbocycles. The van der Waals surface area contributed by atoms with Crippen molar-refractivity contribution in [3.8, 4) is 11.5 Å². The second-order valence-corrected chi connectivity index (χ2v) is 6.40. The number of nitrogens with two attached hydrogens (primary N) is 1. The smallest absolute Gasteiger partial charge is 0.335 e. The molecule has 6 nitrogen and oxygen atoms in total. The molecule has 138 valence electrons. The number of benzene rings is 2. The predicted molar refractivity (Wildman–Crippen MR) is 104 cm³/mol. The molecule has 0 bridgehead atoms. The van der Waals surface area contributed by atoms with E-state index in [-0.39, 0.29) is 12.3 Å². The normalized spacial score (nSPS) is 11.1. The van der Waals surface area contributed by atoms with Crippen LogP contribution < -0.4 is 15.2 Å². The van der Waals surface area contributed by atoms with Gasteiger partial charge in [-0.25, -0.2) is 4.79 Å². The van der Waals surface area contributed by atoms with Crippen LogP contribution in [0.4, 0.5) is 0 Å². The van der Waals surface area contributed by atoms with Gasteiger partial charge in [-0.15, -0.1) is 0 Å². The Morgan fingerprint density at radius 2 is 1.81 bits per heavy atom. The third kappa shape index (κ3) is 6.00. The van der Waals surface area contributed by atoms with Crippen LogP contribution in [0.15, 0.2) is 53.7 Å². The van der Waals surface area contributed by atoms with Gasteiger partial charge in [0.2, 0.25) is 0 Å². The molecule has 0 fully saturated rings. The molecule has 0 saturated heterocycles. The fraction of sp³-hybridized carbons (Fsp3) is 0.263. The van der Waals surface area contributed by atoms with E-state index < -0.39 is 5.97 Å². The fourth-order valence-electron chi connectivity index (χ4n) is 2.11. The number of rotatable bonds is 9. The van der Waals surface area contributed by atoms with Gasteiger partial charge in [-0.05, 0) is 23.8 Å². The van der Waals surface area contributed by atoms with Crippen molar-refractivity contribution < 1.29 is 19.1 Å². The first kappa shape index (κ1) is 19.7. The Balaban J connectivity index is 1.79. The van der Waals surface area contributed by atoms with Gasteiger partial charge in [0, 0.05) is 17.1 Å². The van der Waals surface area contributed by atoms with Gasteiger partial charge in [0.15, 0.2) is 17.3 Å². The van der Waals surface area contributed by atoms with Gasteiger partial charge in [0.25, 0.3) is 0 Å². The standard InChI is InChI=1S/C19H22N2O4S/c1-23-16-9-8-15(12-17(16)24-2)19(20)21-25-18(22)10-11-26-13-14-6-4-3-5-7-14/h3-9,12H,10-11,13H2,1-2H3,(H2,20,21). The van der Waals surface area contributed by atoms with Crippen LogP contribution in [0.1, 0.15) is 17.5 Å². The first-order valence-electron chi connectivity index (χ1n) is 8.01. The van der Waals surface area contributed by atoms with Gasteiger partial charge < -0.3 is 20.0 Å². The molecular weight excluding hydrogens is 352 g/mol. The van der Waals surface area contributed by atoms with E-state index in [0.717, 1.165) is 5.75 Å². The van der Waals surface area contributed by atoms with Crippen molar-refractivity contribution in [2.75, 3.05) is 20.0 Å². The van der Waals surface area contributed by atoms with Crippen LogP contribution in [0, 0.1) is 0 Å². The highest BCUT2D eigenvalue weighted by Gasteiger charge is 2.09. The number of hydrogen-bond acceptors (Lipinski definition) is 6. The molecule has 0 atom stereocenters. The van der Waals surface area contributed by atoms with Crippen LogP contribution in [0.2, 0.25) is 0 Å². The van der Waals surface area contributed by atoms with E-state index in [2.05, 4.69) is 17.3 Å². The third-order valence-corrected chi connectivity index (χ3v) is 4.52. The van der Waals surface area contributed by atoms with E-state index in [9.17, 15) is 4.79 Å². The van der Waals surface area contributed by atoms with Gasteiger partial charge >= 0.3 is 5.97 Å². The molecule has 0 unspecified atom stereocenters. The Morgan fingerprint density at radius 3 is 2.50 bits per heavy atom. The number of oxime groups is 1. The zero-order chi connectivity index (χ0) is 18.8. The van der Waals surface area contributed by atoms with Crippen LogP contribution in [0.5, 0.6) is 11.5 Å². The van der Waals surface area contributed by atoms with Crippen molar-refractivity contribution >= 4 is 23.6 Å². The molecule has 2 aromatic rings. The molecular formula is C19H22N2O4S. The van der Waals surface area contributed by atoms with E-state index in [0.29, 0.717) is 22.8 Å². The lowest BCUT2D eigenvalue weighted by Gasteiger charge is -2.09. The average Bonchev–Trinajstić information content (AvgIpc) is 2.69. The van der Waals surface area contributed by atoms with Gasteiger partial charge in [0.05, 0.1) is 20.6 Å². The molecule has 0 aliphatic heterocycles. The number of thioether (sulfide) groups is 1. The largest absolute Gasteiger partial charge is 0.493 e. The summed E-state index contributed by atoms with van der Waals surface area (Å²) < 4.78 is 10.4. The zero-order valence-electron chi connectivity index (χ0n) is 14.8. The van der Waals surface area contributed by atoms with Crippen LogP contribution in [0.3, 0.4) is 0 Å². The van der Waals surface area contributed by atoms with Crippen molar-refractivity contribution in [3.05, 3.63) is 59.7 Å². The Kier molecular flexibility index (Phi) is 7.82. The SMILES string of the molecule is COc1ccc(/C(N)=N\OC(=O)CCSCc2ccccc2)cc1OC. The maximum Gasteiger partial charge on any atom is 0.335 e. The molecule has 7 heteroatoms. The average molecular weight is 374 g/mol. The summed E-state index contributed by atoms with van der Waals surface area (Å²) >= 11 is 1.66. The van der Waals surface area contributed by atoms with E-state index >= 15 is 0 Å². The summed E-state index contributed by atoms with van der Waals surface area (Å²) in [5.41, 5.74) is 7.66. The lowest BCUT2D eigenvalue weighted by Crippen LogP contribution is -2.15. The first-order valence-corrected chi connectivity index (χ1v) is 9.17. The second kappa shape index (κ2) is 10.4. The Labute approximate surface area is 157 Å². The molecule has 0 aliphatic carbocycles. The molecule has 0 aliphatic rings. The lowest BCUT2D eigenvalue weighted by molar-refractivity contribution is -0.143. The van der Waals surface area contributed by atoms with Crippen molar-refractivity contribution in [1.82, 2.24) is 0 Å². The summed E-state index contributed by atoms with van der Waals surface area (Å²) in [5.74, 6) is 2.28. The van der Waals surface area contributed by atoms with E-state index in [1.54, 1.807) is 37.1 Å². The van der Waals surface area contributed by atoms with Crippen molar-refractivity contribution in [2.45, 2.75) is 12.2 Å². The highest BCUT2D eigenvalue weighted by atomic mass is 32.2. The summed E-state index contributed by atoms with van der Waals surface area (Å²) in [7, 11) is 3.08. The number of carbonyl (C=O) groups excluding carboxylic acids is 1. The fourth-order valence-corrected chi connectivity index (χ4v) is 3.00. The second-order valence-electron chi connectivity index (χ2n) is 5.30. The quantitative estimate of drug-likeness (QED) is 0.239. The highest BCUT2D eigenvalue weighted by Crippen LogP contribution is 2.27. The van der Waals surface area contributed by atoms with E-state index in [1.807, 2.05) is 18.2 Å². The van der Waals surface area contributed by atoms with Gasteiger partial charge in [-0.2, -0.15) is 11.8 Å². The summed E-state index contributed by atoms with van der Waals surface area (Å²) in [4.78, 5) is 16.7. The minimum Gasteiger partial charge on any atom is -0.493 e. The highest BCUT2D eigenvalue weighted by molar-refractivity contribution is 7.98. The molecule has 0 heterocycles. The molecule has 2 N–H and O–H groups in total. The Hall–Kier alpha value is -2.67. The Bertz CT molecular complexity index is 750. The summed E-state index contributed by atoms with van der Waals surface area (Å²) in [6, 6.07) is 15.2. The molecule has 2 aromatic carbocycles. The van der Waals surface area contributed by atoms with Gasteiger partial charge in [-0.1, -0.05) is 35.5 Å². The number of carbonyl (C=O) groups is 1. The maximum atomic E-state index is 11.8. The summed E-state index contributed by atoms with van der Waals surface area (Å²) in [6.45, 7) is 0. The van der Waals surface area contributed by atoms with E-state index in [1.165, 1.54) is 12.7 Å². The number of amidine groups is 1. The zero-order valence-corrected chi connectivity index (χ0v) is 15.6. The maximum absolute atomic E-state index is 11.8. The molecule has 0 radical (unpaired) electrons. The minimum absolute atomic E-state index is 0.0937. The van der Waals surface area contributed by atoms with Crippen LogP contribution in [-0.4, -0.2) is 31.8 Å². The minimum atomic E-state index is -0.422. The van der Waals surface area contributed by atoms with Gasteiger partial charge in [0.1, 0.15) is 0 Å².